The molecule has 0 saturated heterocycles. The third-order valence-electron chi connectivity index (χ3n) is 1.91. The Kier molecular flexibility index (Phi) is 4.03. The van der Waals surface area contributed by atoms with Crippen LogP contribution in [0.4, 0.5) is 0 Å². The second-order valence-electron chi connectivity index (χ2n) is 2.58. The molecule has 0 rings (SSSR count). The molecule has 3 heteroatoms. The first kappa shape index (κ1) is 9.43. The Labute approximate surface area is 61.7 Å². The molecule has 0 aromatic carbocycles. The SMILES string of the molecule is CCC(C)(CC)NOC=O. The van der Waals surface area contributed by atoms with E-state index in [1.807, 2.05) is 20.8 Å². The van der Waals surface area contributed by atoms with Gasteiger partial charge in [-0.25, -0.2) is 0 Å². The van der Waals surface area contributed by atoms with Gasteiger partial charge in [0.05, 0.1) is 5.54 Å². The highest BCUT2D eigenvalue weighted by Crippen LogP contribution is 2.12. The van der Waals surface area contributed by atoms with E-state index >= 15 is 0 Å². The summed E-state index contributed by atoms with van der Waals surface area (Å²) >= 11 is 0. The monoisotopic (exact) mass is 145 g/mol. The Morgan fingerprint density at radius 3 is 2.30 bits per heavy atom. The molecule has 0 fully saturated rings. The molecule has 0 aliphatic rings. The molecule has 1 N–H and O–H groups in total. The number of hydrogen-bond donors (Lipinski definition) is 1. The quantitative estimate of drug-likeness (QED) is 0.467. The summed E-state index contributed by atoms with van der Waals surface area (Å²) in [6, 6.07) is 0. The third kappa shape index (κ3) is 2.82. The van der Waals surface area contributed by atoms with E-state index in [9.17, 15) is 4.79 Å². The van der Waals surface area contributed by atoms with Crippen molar-refractivity contribution in [1.29, 1.82) is 0 Å². The molecule has 0 atom stereocenters. The second kappa shape index (κ2) is 4.28. The molecule has 0 spiro atoms. The molecule has 0 aliphatic carbocycles. The molecular formula is C7H15NO2. The van der Waals surface area contributed by atoms with Gasteiger partial charge in [0.2, 0.25) is 0 Å². The number of hydroxylamine groups is 1. The highest BCUT2D eigenvalue weighted by atomic mass is 16.7. The molecular weight excluding hydrogens is 130 g/mol. The van der Waals surface area contributed by atoms with Gasteiger partial charge in [0.25, 0.3) is 0 Å². The lowest BCUT2D eigenvalue weighted by atomic mass is 9.97. The second-order valence-corrected chi connectivity index (χ2v) is 2.58. The number of nitrogens with one attached hydrogen (secondary N) is 1. The standard InChI is InChI=1S/C7H15NO2/c1-4-7(3,5-2)8-10-6-9/h6,8H,4-5H2,1-3H3. The minimum Gasteiger partial charge on any atom is -0.373 e. The molecule has 0 radical (unpaired) electrons. The van der Waals surface area contributed by atoms with Crippen LogP contribution in [0.2, 0.25) is 0 Å². The first-order valence-corrected chi connectivity index (χ1v) is 3.55. The normalized spacial score (nSPS) is 11.1. The van der Waals surface area contributed by atoms with Crippen molar-refractivity contribution in [2.45, 2.75) is 39.2 Å². The van der Waals surface area contributed by atoms with Gasteiger partial charge in [-0.15, -0.1) is 5.48 Å². The molecule has 0 aromatic rings. The molecule has 0 heterocycles. The smallest absolute Gasteiger partial charge is 0.312 e. The fourth-order valence-corrected chi connectivity index (χ4v) is 0.561. The topological polar surface area (TPSA) is 38.3 Å². The van der Waals surface area contributed by atoms with Crippen molar-refractivity contribution in [2.24, 2.45) is 0 Å². The van der Waals surface area contributed by atoms with Crippen LogP contribution in [0.25, 0.3) is 0 Å². The van der Waals surface area contributed by atoms with E-state index in [1.54, 1.807) is 0 Å². The van der Waals surface area contributed by atoms with E-state index in [4.69, 9.17) is 0 Å². The van der Waals surface area contributed by atoms with E-state index in [2.05, 4.69) is 10.3 Å². The first-order chi connectivity index (χ1) is 4.68. The lowest BCUT2D eigenvalue weighted by Gasteiger charge is -2.25. The Bertz CT molecular complexity index is 99.8. The Morgan fingerprint density at radius 1 is 1.50 bits per heavy atom. The molecule has 60 valence electrons. The van der Waals surface area contributed by atoms with Gasteiger partial charge in [-0.05, 0) is 19.8 Å². The zero-order valence-electron chi connectivity index (χ0n) is 6.81. The summed E-state index contributed by atoms with van der Waals surface area (Å²) in [6.07, 6.45) is 1.88. The summed E-state index contributed by atoms with van der Waals surface area (Å²) in [7, 11) is 0. The van der Waals surface area contributed by atoms with Gasteiger partial charge in [-0.2, -0.15) is 0 Å². The van der Waals surface area contributed by atoms with E-state index in [0.717, 1.165) is 12.8 Å². The summed E-state index contributed by atoms with van der Waals surface area (Å²) in [5, 5.41) is 0. The first-order valence-electron chi connectivity index (χ1n) is 3.55. The predicted molar refractivity (Wildman–Crippen MR) is 39.3 cm³/mol. The molecule has 0 unspecified atom stereocenters. The van der Waals surface area contributed by atoms with E-state index in [0.29, 0.717) is 6.47 Å². The number of carbonyl (C=O) groups is 1. The maximum absolute atomic E-state index is 9.80. The van der Waals surface area contributed by atoms with E-state index < -0.39 is 0 Å². The van der Waals surface area contributed by atoms with Crippen LogP contribution in [-0.2, 0) is 9.63 Å². The largest absolute Gasteiger partial charge is 0.373 e. The maximum Gasteiger partial charge on any atom is 0.312 e. The lowest BCUT2D eigenvalue weighted by Crippen LogP contribution is -2.40. The van der Waals surface area contributed by atoms with E-state index in [1.165, 1.54) is 0 Å². The summed E-state index contributed by atoms with van der Waals surface area (Å²) in [6.45, 7) is 6.51. The number of rotatable bonds is 5. The van der Waals surface area contributed by atoms with Crippen molar-refractivity contribution < 1.29 is 9.63 Å². The van der Waals surface area contributed by atoms with Crippen molar-refractivity contribution >= 4 is 6.47 Å². The minimum atomic E-state index is -0.0685. The summed E-state index contributed by atoms with van der Waals surface area (Å²) in [4.78, 5) is 14.2. The van der Waals surface area contributed by atoms with Crippen LogP contribution in [0.15, 0.2) is 0 Å². The zero-order valence-corrected chi connectivity index (χ0v) is 6.81. The highest BCUT2D eigenvalue weighted by molar-refractivity contribution is 5.36. The molecule has 0 saturated carbocycles. The summed E-state index contributed by atoms with van der Waals surface area (Å²) in [5.41, 5.74) is 2.61. The van der Waals surface area contributed by atoms with Gasteiger partial charge in [-0.1, -0.05) is 13.8 Å². The van der Waals surface area contributed by atoms with Gasteiger partial charge >= 0.3 is 6.47 Å². The van der Waals surface area contributed by atoms with Crippen LogP contribution in [0, 0.1) is 0 Å². The van der Waals surface area contributed by atoms with Gasteiger partial charge in [0, 0.05) is 0 Å². The maximum atomic E-state index is 9.80. The average Bonchev–Trinajstić information content (AvgIpc) is 2.00. The number of carbonyl (C=O) groups excluding carboxylic acids is 1. The van der Waals surface area contributed by atoms with Gasteiger partial charge in [0.15, 0.2) is 0 Å². The van der Waals surface area contributed by atoms with Crippen LogP contribution in [-0.4, -0.2) is 12.0 Å². The Hall–Kier alpha value is -0.570. The third-order valence-corrected chi connectivity index (χ3v) is 1.91. The fraction of sp³-hybridized carbons (Fsp3) is 0.857. The Morgan fingerprint density at radius 2 is 2.00 bits per heavy atom. The van der Waals surface area contributed by atoms with Crippen LogP contribution in [0.3, 0.4) is 0 Å². The van der Waals surface area contributed by atoms with E-state index in [-0.39, 0.29) is 5.54 Å². The molecule has 0 aromatic heterocycles. The highest BCUT2D eigenvalue weighted by Gasteiger charge is 2.18. The Balaban J connectivity index is 3.68. The van der Waals surface area contributed by atoms with Gasteiger partial charge in [0.1, 0.15) is 0 Å². The summed E-state index contributed by atoms with van der Waals surface area (Å²) < 4.78 is 0. The van der Waals surface area contributed by atoms with Crippen molar-refractivity contribution in [1.82, 2.24) is 5.48 Å². The van der Waals surface area contributed by atoms with Crippen molar-refractivity contribution in [2.75, 3.05) is 0 Å². The molecule has 0 amide bonds. The van der Waals surface area contributed by atoms with Crippen molar-refractivity contribution in [3.05, 3.63) is 0 Å². The summed E-state index contributed by atoms with van der Waals surface area (Å²) in [5.74, 6) is 0. The zero-order chi connectivity index (χ0) is 8.04. The van der Waals surface area contributed by atoms with Crippen LogP contribution < -0.4 is 5.48 Å². The molecule has 0 aliphatic heterocycles. The minimum absolute atomic E-state index is 0.0685. The molecule has 3 nitrogen and oxygen atoms in total. The van der Waals surface area contributed by atoms with Crippen LogP contribution in [0.5, 0.6) is 0 Å². The number of hydrogen-bond acceptors (Lipinski definition) is 3. The van der Waals surface area contributed by atoms with Crippen molar-refractivity contribution in [3.63, 3.8) is 0 Å². The van der Waals surface area contributed by atoms with Crippen LogP contribution in [0.1, 0.15) is 33.6 Å². The van der Waals surface area contributed by atoms with Gasteiger partial charge in [-0.3, -0.25) is 4.79 Å². The van der Waals surface area contributed by atoms with Gasteiger partial charge < -0.3 is 4.84 Å². The fourth-order valence-electron chi connectivity index (χ4n) is 0.561. The average molecular weight is 145 g/mol. The molecule has 10 heavy (non-hydrogen) atoms. The molecule has 0 bridgehead atoms. The lowest BCUT2D eigenvalue weighted by molar-refractivity contribution is -0.140. The predicted octanol–water partition coefficient (Wildman–Crippen LogP) is 1.24. The van der Waals surface area contributed by atoms with Crippen molar-refractivity contribution in [3.8, 4) is 0 Å². The van der Waals surface area contributed by atoms with Crippen LogP contribution >= 0.6 is 0 Å².